The molecule has 7 heteroatoms. The van der Waals surface area contributed by atoms with Gasteiger partial charge in [0.05, 0.1) is 23.1 Å². The zero-order valence-electron chi connectivity index (χ0n) is 13.6. The van der Waals surface area contributed by atoms with Crippen molar-refractivity contribution in [3.8, 4) is 5.75 Å². The Bertz CT molecular complexity index is 816. The number of benzene rings is 2. The Morgan fingerprint density at radius 1 is 1.24 bits per heavy atom. The molecule has 2 aromatic carbocycles. The maximum absolute atomic E-state index is 13.2. The van der Waals surface area contributed by atoms with Crippen LogP contribution >= 0.6 is 0 Å². The molecule has 6 nitrogen and oxygen atoms in total. The summed E-state index contributed by atoms with van der Waals surface area (Å²) in [5, 5.41) is 13.7. The minimum atomic E-state index is -0.747. The molecule has 0 atom stereocenters. The molecule has 3 rings (SSSR count). The van der Waals surface area contributed by atoms with Gasteiger partial charge in [0.15, 0.2) is 0 Å². The fraction of sp³-hybridized carbons (Fsp3) is 0.278. The molecule has 1 aliphatic carbocycles. The maximum Gasteiger partial charge on any atom is 0.271 e. The highest BCUT2D eigenvalue weighted by Gasteiger charge is 2.45. The zero-order chi connectivity index (χ0) is 18.0. The number of methoxy groups -OCH3 is 1. The Balaban J connectivity index is 1.91. The van der Waals surface area contributed by atoms with Gasteiger partial charge < -0.3 is 10.1 Å². The largest absolute Gasteiger partial charge is 0.495 e. The summed E-state index contributed by atoms with van der Waals surface area (Å²) >= 11 is 0. The van der Waals surface area contributed by atoms with E-state index in [4.69, 9.17) is 4.74 Å². The Morgan fingerprint density at radius 3 is 2.44 bits per heavy atom. The summed E-state index contributed by atoms with van der Waals surface area (Å²) < 4.78 is 18.4. The van der Waals surface area contributed by atoms with Gasteiger partial charge in [-0.3, -0.25) is 14.9 Å². The van der Waals surface area contributed by atoms with E-state index in [1.165, 1.54) is 37.4 Å². The van der Waals surface area contributed by atoms with Crippen LogP contribution in [-0.2, 0) is 10.2 Å². The third kappa shape index (κ3) is 3.05. The van der Waals surface area contributed by atoms with Crippen molar-refractivity contribution >= 4 is 17.3 Å². The number of nitrogens with zero attached hydrogens (tertiary/aromatic N) is 1. The van der Waals surface area contributed by atoms with Gasteiger partial charge in [0.25, 0.3) is 5.69 Å². The molecule has 1 saturated carbocycles. The molecule has 2 aromatic rings. The predicted molar refractivity (Wildman–Crippen MR) is 90.2 cm³/mol. The number of anilines is 1. The molecule has 25 heavy (non-hydrogen) atoms. The van der Waals surface area contributed by atoms with Crippen LogP contribution in [0.15, 0.2) is 42.5 Å². The molecule has 1 N–H and O–H groups in total. The van der Waals surface area contributed by atoms with Crippen molar-refractivity contribution in [3.63, 3.8) is 0 Å². The van der Waals surface area contributed by atoms with Gasteiger partial charge in [0, 0.05) is 12.1 Å². The van der Waals surface area contributed by atoms with Crippen molar-refractivity contribution < 1.29 is 18.8 Å². The molecule has 0 unspecified atom stereocenters. The SMILES string of the molecule is COc1ccc([N+](=O)[O-])cc1NC(=O)C1(c2ccc(F)cc2)CCC1. The molecule has 1 amide bonds. The number of non-ortho nitro benzene ring substituents is 1. The normalized spacial score (nSPS) is 15.1. The monoisotopic (exact) mass is 344 g/mol. The third-order valence-electron chi connectivity index (χ3n) is 4.68. The molecular formula is C18H17FN2O4. The summed E-state index contributed by atoms with van der Waals surface area (Å²) in [4.78, 5) is 23.4. The van der Waals surface area contributed by atoms with E-state index < -0.39 is 10.3 Å². The topological polar surface area (TPSA) is 81.5 Å². The van der Waals surface area contributed by atoms with Crippen LogP contribution in [0.25, 0.3) is 0 Å². The van der Waals surface area contributed by atoms with Gasteiger partial charge >= 0.3 is 0 Å². The lowest BCUT2D eigenvalue weighted by Crippen LogP contribution is -2.46. The second-order valence-corrected chi connectivity index (χ2v) is 6.04. The summed E-state index contributed by atoms with van der Waals surface area (Å²) in [5.74, 6) is -0.296. The summed E-state index contributed by atoms with van der Waals surface area (Å²) in [7, 11) is 1.43. The van der Waals surface area contributed by atoms with E-state index in [0.717, 1.165) is 12.0 Å². The molecule has 0 saturated heterocycles. The van der Waals surface area contributed by atoms with Gasteiger partial charge in [-0.25, -0.2) is 4.39 Å². The molecule has 0 bridgehead atoms. The van der Waals surface area contributed by atoms with Crippen molar-refractivity contribution in [2.45, 2.75) is 24.7 Å². The first-order valence-corrected chi connectivity index (χ1v) is 7.86. The summed E-state index contributed by atoms with van der Waals surface area (Å²) in [5.41, 5.74) is 0.0984. The second kappa shape index (κ2) is 6.51. The minimum absolute atomic E-state index is 0.138. The number of carbonyl (C=O) groups is 1. The van der Waals surface area contributed by atoms with E-state index >= 15 is 0 Å². The maximum atomic E-state index is 13.2. The Labute approximate surface area is 143 Å². The van der Waals surface area contributed by atoms with Gasteiger partial charge in [-0.15, -0.1) is 0 Å². The zero-order valence-corrected chi connectivity index (χ0v) is 13.6. The smallest absolute Gasteiger partial charge is 0.271 e. The van der Waals surface area contributed by atoms with Crippen LogP contribution in [0.5, 0.6) is 5.75 Å². The average molecular weight is 344 g/mol. The summed E-state index contributed by atoms with van der Waals surface area (Å²) in [6.07, 6.45) is 2.17. The van der Waals surface area contributed by atoms with Crippen molar-refractivity contribution in [1.29, 1.82) is 0 Å². The van der Waals surface area contributed by atoms with Crippen LogP contribution in [0.1, 0.15) is 24.8 Å². The molecule has 0 spiro atoms. The van der Waals surface area contributed by atoms with Gasteiger partial charge in [-0.05, 0) is 36.6 Å². The van der Waals surface area contributed by atoms with Gasteiger partial charge in [-0.1, -0.05) is 18.6 Å². The average Bonchev–Trinajstić information content (AvgIpc) is 2.55. The Hall–Kier alpha value is -2.96. The number of carbonyl (C=O) groups excluding carboxylic acids is 1. The molecule has 1 fully saturated rings. The molecule has 0 radical (unpaired) electrons. The van der Waals surface area contributed by atoms with Crippen molar-refractivity contribution in [2.24, 2.45) is 0 Å². The summed E-state index contributed by atoms with van der Waals surface area (Å²) in [6.45, 7) is 0. The van der Waals surface area contributed by atoms with Crippen molar-refractivity contribution in [2.75, 3.05) is 12.4 Å². The van der Waals surface area contributed by atoms with E-state index in [9.17, 15) is 19.3 Å². The van der Waals surface area contributed by atoms with Crippen molar-refractivity contribution in [3.05, 3.63) is 64.0 Å². The van der Waals surface area contributed by atoms with E-state index in [2.05, 4.69) is 5.32 Å². The number of hydrogen-bond donors (Lipinski definition) is 1. The Kier molecular flexibility index (Phi) is 4.39. The van der Waals surface area contributed by atoms with E-state index in [1.54, 1.807) is 12.1 Å². The highest BCUT2D eigenvalue weighted by Crippen LogP contribution is 2.45. The quantitative estimate of drug-likeness (QED) is 0.661. The first-order valence-electron chi connectivity index (χ1n) is 7.86. The number of ether oxygens (including phenoxy) is 1. The van der Waals surface area contributed by atoms with E-state index in [1.807, 2.05) is 0 Å². The molecule has 0 aliphatic heterocycles. The number of nitrogens with one attached hydrogen (secondary N) is 1. The van der Waals surface area contributed by atoms with Crippen LogP contribution in [0.3, 0.4) is 0 Å². The molecule has 1 aliphatic rings. The lowest BCUT2D eigenvalue weighted by atomic mass is 9.64. The van der Waals surface area contributed by atoms with Crippen LogP contribution in [0.2, 0.25) is 0 Å². The number of nitro benzene ring substituents is 1. The van der Waals surface area contributed by atoms with Crippen LogP contribution in [0, 0.1) is 15.9 Å². The number of amides is 1. The predicted octanol–water partition coefficient (Wildman–Crippen LogP) is 3.80. The highest BCUT2D eigenvalue weighted by atomic mass is 19.1. The Morgan fingerprint density at radius 2 is 1.92 bits per heavy atom. The van der Waals surface area contributed by atoms with E-state index in [0.29, 0.717) is 18.6 Å². The summed E-state index contributed by atoms with van der Waals surface area (Å²) in [6, 6.07) is 9.91. The van der Waals surface area contributed by atoms with Crippen molar-refractivity contribution in [1.82, 2.24) is 0 Å². The number of halogens is 1. The van der Waals surface area contributed by atoms with Gasteiger partial charge in [0.1, 0.15) is 11.6 Å². The highest BCUT2D eigenvalue weighted by molar-refractivity contribution is 6.01. The molecule has 130 valence electrons. The number of rotatable bonds is 5. The minimum Gasteiger partial charge on any atom is -0.495 e. The number of hydrogen-bond acceptors (Lipinski definition) is 4. The van der Waals surface area contributed by atoms with Gasteiger partial charge in [-0.2, -0.15) is 0 Å². The lowest BCUT2D eigenvalue weighted by molar-refractivity contribution is -0.384. The molecule has 0 aromatic heterocycles. The molecule has 0 heterocycles. The number of nitro groups is 1. The van der Waals surface area contributed by atoms with Crippen LogP contribution in [0.4, 0.5) is 15.8 Å². The fourth-order valence-electron chi connectivity index (χ4n) is 3.10. The first kappa shape index (κ1) is 16.9. The van der Waals surface area contributed by atoms with Gasteiger partial charge in [0.2, 0.25) is 5.91 Å². The standard InChI is InChI=1S/C18H17FN2O4/c1-25-16-8-7-14(21(23)24)11-15(16)20-17(22)18(9-2-10-18)12-3-5-13(19)6-4-12/h3-8,11H,2,9-10H2,1H3,(H,20,22). The third-order valence-corrected chi connectivity index (χ3v) is 4.68. The van der Waals surface area contributed by atoms with Crippen LogP contribution < -0.4 is 10.1 Å². The van der Waals surface area contributed by atoms with E-state index in [-0.39, 0.29) is 23.1 Å². The fourth-order valence-corrected chi connectivity index (χ4v) is 3.10. The first-order chi connectivity index (χ1) is 12.0. The second-order valence-electron chi connectivity index (χ2n) is 6.04. The lowest BCUT2D eigenvalue weighted by Gasteiger charge is -2.40. The van der Waals surface area contributed by atoms with Crippen LogP contribution in [-0.4, -0.2) is 17.9 Å². The molecular weight excluding hydrogens is 327 g/mol.